The minimum atomic E-state index is -0.376. The molecule has 0 saturated carbocycles. The molecule has 7 heteroatoms. The fraction of sp³-hybridized carbons (Fsp3) is 0.0714. The number of methoxy groups -OCH3 is 1. The van der Waals surface area contributed by atoms with Crippen LogP contribution in [-0.4, -0.2) is 23.1 Å². The number of ether oxygens (including phenoxy) is 1. The van der Waals surface area contributed by atoms with E-state index >= 15 is 0 Å². The van der Waals surface area contributed by atoms with Crippen molar-refractivity contribution in [3.8, 4) is 11.6 Å². The molecule has 6 nitrogen and oxygen atoms in total. The second-order valence-electron chi connectivity index (χ2n) is 4.33. The largest absolute Gasteiger partial charge is 0.497 e. The quantitative estimate of drug-likeness (QED) is 0.785. The third-order valence-electron chi connectivity index (χ3n) is 2.95. The van der Waals surface area contributed by atoms with Crippen molar-refractivity contribution >= 4 is 34.5 Å². The van der Waals surface area contributed by atoms with Gasteiger partial charge in [-0.05, 0) is 30.4 Å². The van der Waals surface area contributed by atoms with Crippen LogP contribution >= 0.6 is 11.3 Å². The highest BCUT2D eigenvalue weighted by atomic mass is 32.1. The molecule has 0 spiro atoms. The van der Waals surface area contributed by atoms with E-state index in [-0.39, 0.29) is 16.9 Å². The number of carbonyl (C=O) groups excluding carboxylic acids is 1. The Bertz CT molecular complexity index is 883. The summed E-state index contributed by atoms with van der Waals surface area (Å²) in [4.78, 5) is 20.1. The molecule has 21 heavy (non-hydrogen) atoms. The Hall–Kier alpha value is -2.67. The molecule has 3 N–H and O–H groups in total. The average Bonchev–Trinajstić information content (AvgIpc) is 2.77. The van der Waals surface area contributed by atoms with Gasteiger partial charge in [0.2, 0.25) is 5.88 Å². The molecule has 0 unspecified atom stereocenters. The van der Waals surface area contributed by atoms with Crippen molar-refractivity contribution < 1.29 is 14.6 Å². The average molecular weight is 301 g/mol. The molecular formula is C14H11N3O3S. The number of carbonyl (C=O) groups is 1. The van der Waals surface area contributed by atoms with Crippen molar-refractivity contribution in [2.75, 3.05) is 12.8 Å². The zero-order chi connectivity index (χ0) is 15.0. The number of amides is 1. The van der Waals surface area contributed by atoms with Crippen LogP contribution in [0.5, 0.6) is 11.6 Å². The second-order valence-corrected chi connectivity index (χ2v) is 5.39. The van der Waals surface area contributed by atoms with E-state index < -0.39 is 0 Å². The van der Waals surface area contributed by atoms with Crippen molar-refractivity contribution in [2.24, 2.45) is 4.99 Å². The molecule has 1 aliphatic rings. The summed E-state index contributed by atoms with van der Waals surface area (Å²) in [5.41, 5.74) is 5.87. The SMILES string of the molecule is COc1ccc2c(c1)=C/C(=C\c1sc(N)nc1O)C(=O)N=2. The number of thiazole rings is 1. The van der Waals surface area contributed by atoms with Gasteiger partial charge in [0.05, 0.1) is 17.3 Å². The number of aromatic nitrogens is 1. The summed E-state index contributed by atoms with van der Waals surface area (Å²) in [6, 6.07) is 5.26. The minimum Gasteiger partial charge on any atom is -0.497 e. The van der Waals surface area contributed by atoms with Crippen LogP contribution in [0.25, 0.3) is 12.2 Å². The zero-order valence-corrected chi connectivity index (χ0v) is 11.8. The molecule has 0 radical (unpaired) electrons. The molecule has 0 aliphatic carbocycles. The highest BCUT2D eigenvalue weighted by molar-refractivity contribution is 7.16. The van der Waals surface area contributed by atoms with Crippen LogP contribution in [0, 0.1) is 0 Å². The first-order valence-electron chi connectivity index (χ1n) is 6.02. The number of aromatic hydroxyl groups is 1. The van der Waals surface area contributed by atoms with Crippen LogP contribution in [0.1, 0.15) is 4.88 Å². The van der Waals surface area contributed by atoms with Crippen LogP contribution in [0.4, 0.5) is 5.13 Å². The van der Waals surface area contributed by atoms with Crippen LogP contribution in [-0.2, 0) is 4.79 Å². The molecule has 0 atom stereocenters. The van der Waals surface area contributed by atoms with Gasteiger partial charge in [0.25, 0.3) is 5.91 Å². The van der Waals surface area contributed by atoms with E-state index in [0.717, 1.165) is 16.6 Å². The fourth-order valence-corrected chi connectivity index (χ4v) is 2.64. The Labute approximate surface area is 123 Å². The fourth-order valence-electron chi connectivity index (χ4n) is 1.96. The van der Waals surface area contributed by atoms with Crippen LogP contribution in [0.3, 0.4) is 0 Å². The Morgan fingerprint density at radius 3 is 2.90 bits per heavy atom. The lowest BCUT2D eigenvalue weighted by atomic mass is 10.1. The third kappa shape index (κ3) is 2.50. The van der Waals surface area contributed by atoms with Gasteiger partial charge in [-0.2, -0.15) is 4.98 Å². The van der Waals surface area contributed by atoms with E-state index in [2.05, 4.69) is 9.98 Å². The minimum absolute atomic E-state index is 0.192. The van der Waals surface area contributed by atoms with Gasteiger partial charge >= 0.3 is 0 Å². The standard InChI is InChI=1S/C14H11N3O3S/c1-20-9-2-3-10-7(5-9)4-8(12(18)16-10)6-11-13(19)17-14(15)21-11/h2-6,19H,1H3,(H2,15,17)/b8-6+. The molecule has 0 bridgehead atoms. The van der Waals surface area contributed by atoms with E-state index in [1.165, 1.54) is 6.08 Å². The normalized spacial score (nSPS) is 15.3. The first-order valence-corrected chi connectivity index (χ1v) is 6.84. The summed E-state index contributed by atoms with van der Waals surface area (Å²) in [7, 11) is 1.57. The Balaban J connectivity index is 2.14. The lowest BCUT2D eigenvalue weighted by Gasteiger charge is -2.04. The van der Waals surface area contributed by atoms with E-state index in [1.807, 2.05) is 0 Å². The molecule has 3 rings (SSSR count). The third-order valence-corrected chi connectivity index (χ3v) is 3.77. The van der Waals surface area contributed by atoms with Crippen LogP contribution < -0.4 is 21.0 Å². The monoisotopic (exact) mass is 301 g/mol. The van der Waals surface area contributed by atoms with E-state index in [9.17, 15) is 9.90 Å². The molecule has 106 valence electrons. The number of benzene rings is 1. The van der Waals surface area contributed by atoms with Gasteiger partial charge < -0.3 is 15.6 Å². The topological polar surface area (TPSA) is 97.8 Å². The summed E-state index contributed by atoms with van der Waals surface area (Å²) in [5.74, 6) is 0.112. The first kappa shape index (κ1) is 13.3. The summed E-state index contributed by atoms with van der Waals surface area (Å²) in [5, 5.41) is 11.2. The van der Waals surface area contributed by atoms with Gasteiger partial charge in [0.15, 0.2) is 5.13 Å². The van der Waals surface area contributed by atoms with E-state index in [1.54, 1.807) is 31.4 Å². The van der Waals surface area contributed by atoms with Crippen LogP contribution in [0.2, 0.25) is 0 Å². The first-order chi connectivity index (χ1) is 10.1. The number of nitrogens with zero attached hydrogens (tertiary/aromatic N) is 2. The molecule has 1 amide bonds. The van der Waals surface area contributed by atoms with Crippen molar-refractivity contribution in [3.05, 3.63) is 39.2 Å². The number of nitrogen functional groups attached to an aromatic ring is 1. The van der Waals surface area contributed by atoms with Crippen molar-refractivity contribution in [2.45, 2.75) is 0 Å². The Morgan fingerprint density at radius 2 is 2.24 bits per heavy atom. The van der Waals surface area contributed by atoms with Gasteiger partial charge in [0.1, 0.15) is 5.75 Å². The maximum atomic E-state index is 12.0. The lowest BCUT2D eigenvalue weighted by molar-refractivity contribution is -0.114. The number of anilines is 1. The Kier molecular flexibility index (Phi) is 3.19. The summed E-state index contributed by atoms with van der Waals surface area (Å²) in [6.07, 6.45) is 3.22. The summed E-state index contributed by atoms with van der Waals surface area (Å²) < 4.78 is 5.15. The number of nitrogens with two attached hydrogens (primary N) is 1. The maximum Gasteiger partial charge on any atom is 0.277 e. The van der Waals surface area contributed by atoms with Crippen molar-refractivity contribution in [1.82, 2.24) is 4.98 Å². The lowest BCUT2D eigenvalue weighted by Crippen LogP contribution is -2.30. The molecule has 0 fully saturated rings. The number of fused-ring (bicyclic) bond motifs is 1. The molecule has 1 aliphatic heterocycles. The van der Waals surface area contributed by atoms with Gasteiger partial charge in [0, 0.05) is 10.8 Å². The maximum absolute atomic E-state index is 12.0. The highest BCUT2D eigenvalue weighted by Gasteiger charge is 2.13. The second kappa shape index (κ2) is 5.02. The smallest absolute Gasteiger partial charge is 0.277 e. The van der Waals surface area contributed by atoms with E-state index in [0.29, 0.717) is 21.6 Å². The highest BCUT2D eigenvalue weighted by Crippen LogP contribution is 2.28. The van der Waals surface area contributed by atoms with Gasteiger partial charge in [-0.1, -0.05) is 11.3 Å². The van der Waals surface area contributed by atoms with Crippen LogP contribution in [0.15, 0.2) is 28.8 Å². The molecule has 1 aromatic heterocycles. The summed E-state index contributed by atoms with van der Waals surface area (Å²) >= 11 is 1.10. The number of hydrogen-bond acceptors (Lipinski definition) is 6. The van der Waals surface area contributed by atoms with Gasteiger partial charge in [-0.15, -0.1) is 0 Å². The Morgan fingerprint density at radius 1 is 1.43 bits per heavy atom. The van der Waals surface area contributed by atoms with Crippen molar-refractivity contribution in [3.63, 3.8) is 0 Å². The predicted molar refractivity (Wildman–Crippen MR) is 79.4 cm³/mol. The van der Waals surface area contributed by atoms with E-state index in [4.69, 9.17) is 10.5 Å². The van der Waals surface area contributed by atoms with Crippen molar-refractivity contribution in [1.29, 1.82) is 0 Å². The predicted octanol–water partition coefficient (Wildman–Crippen LogP) is 0.463. The molecule has 0 saturated heterocycles. The number of hydrogen-bond donors (Lipinski definition) is 2. The molecule has 2 aromatic rings. The number of rotatable bonds is 2. The van der Waals surface area contributed by atoms with Gasteiger partial charge in [-0.25, -0.2) is 4.99 Å². The zero-order valence-electron chi connectivity index (χ0n) is 11.0. The van der Waals surface area contributed by atoms with Gasteiger partial charge in [-0.3, -0.25) is 4.79 Å². The summed E-state index contributed by atoms with van der Waals surface area (Å²) in [6.45, 7) is 0. The molecular weight excluding hydrogens is 290 g/mol. The molecule has 2 heterocycles. The molecule has 1 aromatic carbocycles.